The van der Waals surface area contributed by atoms with E-state index >= 15 is 0 Å². The van der Waals surface area contributed by atoms with Crippen LogP contribution in [0.2, 0.25) is 0 Å². The van der Waals surface area contributed by atoms with Gasteiger partial charge in [0.05, 0.1) is 0 Å². The highest BCUT2D eigenvalue weighted by molar-refractivity contribution is 5.18. The van der Waals surface area contributed by atoms with Gasteiger partial charge in [0, 0.05) is 12.1 Å². The third kappa shape index (κ3) is 3.19. The highest BCUT2D eigenvalue weighted by Crippen LogP contribution is 2.12. The van der Waals surface area contributed by atoms with E-state index in [2.05, 4.69) is 56.4 Å². The van der Waals surface area contributed by atoms with Crippen LogP contribution in [-0.4, -0.2) is 6.04 Å². The minimum atomic E-state index is 0.455. The Kier molecular flexibility index (Phi) is 3.97. The minimum Gasteiger partial charge on any atom is -0.308 e. The van der Waals surface area contributed by atoms with Gasteiger partial charge in [0.25, 0.3) is 0 Å². The van der Waals surface area contributed by atoms with E-state index in [1.54, 1.807) is 0 Å². The lowest BCUT2D eigenvalue weighted by atomic mass is 10.1. The summed E-state index contributed by atoms with van der Waals surface area (Å²) in [6.45, 7) is 6.64. The SMILES string of the molecule is CC[C@@H](C)N[C@@H](C)c1ccccc1. The van der Waals surface area contributed by atoms with Crippen molar-refractivity contribution in [3.05, 3.63) is 35.9 Å². The molecule has 0 aliphatic rings. The Morgan fingerprint density at radius 2 is 1.77 bits per heavy atom. The smallest absolute Gasteiger partial charge is 0.0294 e. The van der Waals surface area contributed by atoms with Crippen LogP contribution in [0, 0.1) is 0 Å². The monoisotopic (exact) mass is 177 g/mol. The first-order valence-electron chi connectivity index (χ1n) is 5.05. The summed E-state index contributed by atoms with van der Waals surface area (Å²) in [6.07, 6.45) is 1.18. The first-order valence-corrected chi connectivity index (χ1v) is 5.05. The van der Waals surface area contributed by atoms with E-state index in [1.165, 1.54) is 12.0 Å². The van der Waals surface area contributed by atoms with Crippen LogP contribution in [-0.2, 0) is 0 Å². The summed E-state index contributed by atoms with van der Waals surface area (Å²) in [5.74, 6) is 0. The quantitative estimate of drug-likeness (QED) is 0.745. The average Bonchev–Trinajstić information content (AvgIpc) is 2.19. The molecule has 0 radical (unpaired) electrons. The molecule has 0 saturated carbocycles. The van der Waals surface area contributed by atoms with E-state index in [9.17, 15) is 0 Å². The van der Waals surface area contributed by atoms with Gasteiger partial charge in [-0.25, -0.2) is 0 Å². The second-order valence-corrected chi connectivity index (χ2v) is 3.61. The first-order chi connectivity index (χ1) is 6.24. The number of rotatable bonds is 4. The molecule has 1 aromatic rings. The molecule has 0 heterocycles. The second kappa shape index (κ2) is 5.03. The normalized spacial score (nSPS) is 15.3. The number of benzene rings is 1. The molecule has 1 aromatic carbocycles. The molecule has 0 saturated heterocycles. The molecule has 0 bridgehead atoms. The van der Waals surface area contributed by atoms with Crippen molar-refractivity contribution in [3.63, 3.8) is 0 Å². The summed E-state index contributed by atoms with van der Waals surface area (Å²) in [6, 6.07) is 11.6. The highest BCUT2D eigenvalue weighted by Gasteiger charge is 2.06. The van der Waals surface area contributed by atoms with Gasteiger partial charge in [-0.05, 0) is 25.8 Å². The van der Waals surface area contributed by atoms with Gasteiger partial charge in [-0.15, -0.1) is 0 Å². The average molecular weight is 177 g/mol. The molecule has 2 atom stereocenters. The predicted octanol–water partition coefficient (Wildman–Crippen LogP) is 3.14. The van der Waals surface area contributed by atoms with Crippen LogP contribution in [0.25, 0.3) is 0 Å². The predicted molar refractivity (Wildman–Crippen MR) is 57.7 cm³/mol. The fourth-order valence-corrected chi connectivity index (χ4v) is 1.38. The van der Waals surface area contributed by atoms with E-state index in [-0.39, 0.29) is 0 Å². The van der Waals surface area contributed by atoms with Crippen molar-refractivity contribution in [2.24, 2.45) is 0 Å². The zero-order valence-corrected chi connectivity index (χ0v) is 8.75. The van der Waals surface area contributed by atoms with Gasteiger partial charge in [-0.3, -0.25) is 0 Å². The Hall–Kier alpha value is -0.820. The highest BCUT2D eigenvalue weighted by atomic mass is 14.9. The molecule has 0 aliphatic carbocycles. The fourth-order valence-electron chi connectivity index (χ4n) is 1.38. The molecule has 0 spiro atoms. The minimum absolute atomic E-state index is 0.455. The summed E-state index contributed by atoms with van der Waals surface area (Å²) in [4.78, 5) is 0. The van der Waals surface area contributed by atoms with Crippen molar-refractivity contribution in [2.75, 3.05) is 0 Å². The van der Waals surface area contributed by atoms with Crippen molar-refractivity contribution in [3.8, 4) is 0 Å². The maximum absolute atomic E-state index is 3.55. The van der Waals surface area contributed by atoms with Crippen molar-refractivity contribution in [2.45, 2.75) is 39.3 Å². The van der Waals surface area contributed by atoms with E-state index in [0.29, 0.717) is 12.1 Å². The summed E-state index contributed by atoms with van der Waals surface area (Å²) in [7, 11) is 0. The van der Waals surface area contributed by atoms with Gasteiger partial charge < -0.3 is 5.32 Å². The topological polar surface area (TPSA) is 12.0 Å². The Morgan fingerprint density at radius 3 is 2.31 bits per heavy atom. The standard InChI is InChI=1S/C12H19N/c1-4-10(2)13-11(3)12-8-6-5-7-9-12/h5-11,13H,4H2,1-3H3/t10-,11+/m1/s1. The lowest BCUT2D eigenvalue weighted by Crippen LogP contribution is -2.28. The molecule has 1 N–H and O–H groups in total. The van der Waals surface area contributed by atoms with Gasteiger partial charge in [0.15, 0.2) is 0 Å². The van der Waals surface area contributed by atoms with Gasteiger partial charge in [-0.1, -0.05) is 37.3 Å². The Morgan fingerprint density at radius 1 is 1.15 bits per heavy atom. The van der Waals surface area contributed by atoms with Gasteiger partial charge in [-0.2, -0.15) is 0 Å². The second-order valence-electron chi connectivity index (χ2n) is 3.61. The lowest BCUT2D eigenvalue weighted by Gasteiger charge is -2.18. The van der Waals surface area contributed by atoms with Gasteiger partial charge in [0.2, 0.25) is 0 Å². The number of hydrogen-bond acceptors (Lipinski definition) is 1. The Bertz CT molecular complexity index is 230. The molecule has 0 unspecified atom stereocenters. The number of hydrogen-bond donors (Lipinski definition) is 1. The van der Waals surface area contributed by atoms with Gasteiger partial charge in [0.1, 0.15) is 0 Å². The summed E-state index contributed by atoms with van der Waals surface area (Å²) in [5, 5.41) is 3.55. The largest absolute Gasteiger partial charge is 0.308 e. The molecule has 13 heavy (non-hydrogen) atoms. The fraction of sp³-hybridized carbons (Fsp3) is 0.500. The summed E-state index contributed by atoms with van der Waals surface area (Å²) >= 11 is 0. The molecule has 1 nitrogen and oxygen atoms in total. The summed E-state index contributed by atoms with van der Waals surface area (Å²) < 4.78 is 0. The van der Waals surface area contributed by atoms with Crippen molar-refractivity contribution < 1.29 is 0 Å². The zero-order chi connectivity index (χ0) is 9.68. The molecule has 0 fully saturated rings. The van der Waals surface area contributed by atoms with Crippen LogP contribution in [0.3, 0.4) is 0 Å². The summed E-state index contributed by atoms with van der Waals surface area (Å²) in [5.41, 5.74) is 1.36. The van der Waals surface area contributed by atoms with Crippen molar-refractivity contribution in [1.29, 1.82) is 0 Å². The van der Waals surface area contributed by atoms with Gasteiger partial charge >= 0.3 is 0 Å². The zero-order valence-electron chi connectivity index (χ0n) is 8.75. The molecule has 1 heteroatoms. The van der Waals surface area contributed by atoms with Crippen LogP contribution < -0.4 is 5.32 Å². The molecular formula is C12H19N. The van der Waals surface area contributed by atoms with Crippen molar-refractivity contribution in [1.82, 2.24) is 5.32 Å². The lowest BCUT2D eigenvalue weighted by molar-refractivity contribution is 0.469. The molecule has 72 valence electrons. The molecule has 0 aliphatic heterocycles. The molecule has 0 amide bonds. The maximum Gasteiger partial charge on any atom is 0.0294 e. The molecule has 1 rings (SSSR count). The first kappa shape index (κ1) is 10.3. The van der Waals surface area contributed by atoms with E-state index in [0.717, 1.165) is 0 Å². The molecule has 0 aromatic heterocycles. The van der Waals surface area contributed by atoms with E-state index in [4.69, 9.17) is 0 Å². The van der Waals surface area contributed by atoms with Crippen LogP contribution >= 0.6 is 0 Å². The maximum atomic E-state index is 3.55. The Labute approximate surface area is 81.2 Å². The van der Waals surface area contributed by atoms with E-state index in [1.807, 2.05) is 0 Å². The van der Waals surface area contributed by atoms with Crippen molar-refractivity contribution >= 4 is 0 Å². The van der Waals surface area contributed by atoms with E-state index < -0.39 is 0 Å². The Balaban J connectivity index is 2.53. The molecular weight excluding hydrogens is 158 g/mol. The third-order valence-electron chi connectivity index (χ3n) is 2.45. The third-order valence-corrected chi connectivity index (χ3v) is 2.45. The van der Waals surface area contributed by atoms with Crippen LogP contribution in [0.5, 0.6) is 0 Å². The van der Waals surface area contributed by atoms with Crippen LogP contribution in [0.1, 0.15) is 38.8 Å². The number of nitrogens with one attached hydrogen (secondary N) is 1. The van der Waals surface area contributed by atoms with Crippen LogP contribution in [0.15, 0.2) is 30.3 Å². The van der Waals surface area contributed by atoms with Crippen LogP contribution in [0.4, 0.5) is 0 Å².